The number of nitrogens with zero attached hydrogens (tertiary/aromatic N) is 2. The highest BCUT2D eigenvalue weighted by atomic mass is 33.1. The summed E-state index contributed by atoms with van der Waals surface area (Å²) in [7, 11) is 4.05. The molecule has 1 saturated heterocycles. The molecule has 11 atom stereocenters. The third kappa shape index (κ3) is 8.55. The molecule has 4 aliphatic heterocycles. The number of hydrogen-bond donors (Lipinski definition) is 4. The van der Waals surface area contributed by atoms with Gasteiger partial charge in [0.2, 0.25) is 5.91 Å². The lowest BCUT2D eigenvalue weighted by atomic mass is 9.57. The second kappa shape index (κ2) is 19.2. The largest absolute Gasteiger partial charge is 0.504 e. The molecule has 0 aromatic heterocycles. The summed E-state index contributed by atoms with van der Waals surface area (Å²) in [5, 5.41) is 28.5. The van der Waals surface area contributed by atoms with Gasteiger partial charge in [0.15, 0.2) is 17.5 Å². The highest BCUT2D eigenvalue weighted by molar-refractivity contribution is 8.77. The van der Waals surface area contributed by atoms with Gasteiger partial charge < -0.3 is 35.6 Å². The fourth-order valence-electron chi connectivity index (χ4n) is 16.7. The monoisotopic (exact) mass is 967 g/mol. The highest BCUT2D eigenvalue weighted by Crippen LogP contribution is 2.64. The number of aliphatic imine (C=N–C) groups is 1. The van der Waals surface area contributed by atoms with E-state index in [-0.39, 0.29) is 63.1 Å². The molecule has 12 heteroatoms. The second-order valence-corrected chi connectivity index (χ2v) is 26.2. The van der Waals surface area contributed by atoms with Gasteiger partial charge in [-0.25, -0.2) is 0 Å². The first-order valence-corrected chi connectivity index (χ1v) is 29.4. The lowest BCUT2D eigenvalue weighted by molar-refractivity contribution is -0.195. The van der Waals surface area contributed by atoms with E-state index >= 15 is 0 Å². The Labute approximate surface area is 413 Å². The van der Waals surface area contributed by atoms with Crippen LogP contribution in [0.3, 0.4) is 0 Å². The standard InChI is InChI=1S/C56H78N4O6S2/c1-36(61)66-55-30-39-17-19-42(55)29-40-28-41(50(64)51-45(40)21-18-38-14-10-16-48(38)65-51)34-60-35-54(32-49(60)63)43(20-22-46(54)37-12-4-2-5-13-37)33-58-52(57)59-56(26-11-25-53(56)23-7-8-24-53)68-67-27-9-3-6-15-44(39)47(62)31-55/h2,4-5,12-13,28,38-39,42-44,46-48,62,64H,3,6-11,14-27,29-35H2,1H3,(H3,57,58,59)/t38-,39-,42+,43-,44-,46-,47+,48-,54-,55-,56+/m0/s1. The maximum absolute atomic E-state index is 14.8. The molecule has 2 aromatic rings. The molecule has 6 aliphatic carbocycles. The molecular weight excluding hydrogens is 889 g/mol. The van der Waals surface area contributed by atoms with E-state index in [0.29, 0.717) is 62.4 Å². The van der Waals surface area contributed by atoms with E-state index in [1.165, 1.54) is 51.0 Å². The molecule has 0 radical (unpaired) electrons. The average Bonchev–Trinajstić information content (AvgIpc) is 4.15. The molecule has 10 aliphatic rings. The van der Waals surface area contributed by atoms with Crippen molar-refractivity contribution >= 4 is 39.4 Å². The van der Waals surface area contributed by atoms with E-state index in [2.05, 4.69) is 41.7 Å². The SMILES string of the molecule is CC(=O)O[C@]12C[C@@H]3CC[C@@H]1Cc1cc(c(O)c4c1CC[C@@H]1CCC[C@@H]1O4)CN1C[C@@]4(CC1=O)[C@@H](CC[C@H]4c1ccccc1)CN=C(N)N[C@]1(CCCC14CCCC4)SSCCCCC[C@@H]3[C@H](O)C2. The van der Waals surface area contributed by atoms with Gasteiger partial charge in [0.1, 0.15) is 16.6 Å². The topological polar surface area (TPSA) is 147 Å². The number of amides is 1. The van der Waals surface area contributed by atoms with Gasteiger partial charge in [-0.15, -0.1) is 0 Å². The minimum absolute atomic E-state index is 0.0205. The zero-order valence-corrected chi connectivity index (χ0v) is 42.3. The van der Waals surface area contributed by atoms with Crippen LogP contribution in [-0.4, -0.2) is 74.5 Å². The van der Waals surface area contributed by atoms with Crippen LogP contribution < -0.4 is 15.8 Å². The number of nitrogens with two attached hydrogens (primary N) is 1. The molecule has 0 unspecified atom stereocenters. The Balaban J connectivity index is 0.965. The number of aliphatic hydroxyl groups excluding tert-OH is 1. The van der Waals surface area contributed by atoms with E-state index in [1.54, 1.807) is 0 Å². The third-order valence-corrected chi connectivity index (χ3v) is 23.2. The summed E-state index contributed by atoms with van der Waals surface area (Å²) >= 11 is 0. The molecule has 370 valence electrons. The van der Waals surface area contributed by atoms with Crippen molar-refractivity contribution in [1.82, 2.24) is 10.2 Å². The van der Waals surface area contributed by atoms with E-state index in [1.807, 2.05) is 26.5 Å². The number of guanidine groups is 1. The number of phenolic OH excluding ortho intramolecular Hbond substituents is 1. The van der Waals surface area contributed by atoms with Gasteiger partial charge in [0.05, 0.1) is 6.10 Å². The van der Waals surface area contributed by atoms with E-state index in [4.69, 9.17) is 20.2 Å². The number of rotatable bonds is 2. The Hall–Kier alpha value is -3.09. The van der Waals surface area contributed by atoms with Crippen molar-refractivity contribution in [3.05, 3.63) is 58.7 Å². The number of benzene rings is 2. The number of fused-ring (bicyclic) bond motifs is 12. The van der Waals surface area contributed by atoms with Gasteiger partial charge >= 0.3 is 5.97 Å². The summed E-state index contributed by atoms with van der Waals surface area (Å²) in [6.45, 7) is 3.00. The third-order valence-electron chi connectivity index (χ3n) is 19.9. The number of esters is 1. The van der Waals surface area contributed by atoms with Crippen molar-refractivity contribution in [2.75, 3.05) is 18.8 Å². The number of ether oxygens (including phenoxy) is 2. The van der Waals surface area contributed by atoms with Crippen molar-refractivity contribution < 1.29 is 29.3 Å². The van der Waals surface area contributed by atoms with Gasteiger partial charge in [-0.3, -0.25) is 14.6 Å². The van der Waals surface area contributed by atoms with Crippen LogP contribution in [-0.2, 0) is 33.7 Å². The minimum Gasteiger partial charge on any atom is -0.504 e. The summed E-state index contributed by atoms with van der Waals surface area (Å²) in [6, 6.07) is 13.0. The van der Waals surface area contributed by atoms with Crippen LogP contribution in [0.2, 0.25) is 0 Å². The molecule has 68 heavy (non-hydrogen) atoms. The van der Waals surface area contributed by atoms with Crippen LogP contribution in [0.25, 0.3) is 0 Å². The molecule has 1 amide bonds. The summed E-state index contributed by atoms with van der Waals surface area (Å²) in [4.78, 5) is 35.0. The molecule has 5 N–H and O–H groups in total. The Bertz CT molecular complexity index is 2210. The lowest BCUT2D eigenvalue weighted by Gasteiger charge is -2.54. The van der Waals surface area contributed by atoms with Gasteiger partial charge in [-0.1, -0.05) is 77.6 Å². The molecule has 12 rings (SSSR count). The predicted molar refractivity (Wildman–Crippen MR) is 271 cm³/mol. The van der Waals surface area contributed by atoms with Crippen molar-refractivity contribution in [3.63, 3.8) is 0 Å². The normalized spacial score (nSPS) is 38.4. The molecule has 2 aromatic carbocycles. The average molecular weight is 967 g/mol. The Morgan fingerprint density at radius 3 is 2.56 bits per heavy atom. The van der Waals surface area contributed by atoms with Crippen molar-refractivity contribution in [3.8, 4) is 11.5 Å². The van der Waals surface area contributed by atoms with Crippen molar-refractivity contribution in [2.45, 2.75) is 196 Å². The first kappa shape index (κ1) is 47.2. The Morgan fingerprint density at radius 1 is 0.897 bits per heavy atom. The molecule has 6 saturated carbocycles. The van der Waals surface area contributed by atoms with E-state index in [0.717, 1.165) is 119 Å². The fourth-order valence-corrected chi connectivity index (χ4v) is 20.3. The molecule has 7 fully saturated rings. The number of hydrogen-bond acceptors (Lipinski definition) is 11. The zero-order valence-electron chi connectivity index (χ0n) is 40.7. The van der Waals surface area contributed by atoms with Gasteiger partial charge in [0.25, 0.3) is 0 Å². The van der Waals surface area contributed by atoms with Crippen molar-refractivity contribution in [1.29, 1.82) is 0 Å². The number of nitrogens with one attached hydrogen (secondary N) is 1. The number of phenols is 1. The Kier molecular flexibility index (Phi) is 13.3. The first-order chi connectivity index (χ1) is 33.0. The Morgan fingerprint density at radius 2 is 1.72 bits per heavy atom. The van der Waals surface area contributed by atoms with Crippen LogP contribution >= 0.6 is 21.6 Å². The molecule has 3 spiro atoms. The van der Waals surface area contributed by atoms with Crippen LogP contribution in [0.1, 0.15) is 176 Å². The first-order valence-electron chi connectivity index (χ1n) is 27.1. The maximum Gasteiger partial charge on any atom is 0.303 e. The molecule has 4 heterocycles. The van der Waals surface area contributed by atoms with Gasteiger partial charge in [0, 0.05) is 73.0 Å². The summed E-state index contributed by atoms with van der Waals surface area (Å²) in [6.07, 6.45) is 23.9. The minimum atomic E-state index is -0.745. The van der Waals surface area contributed by atoms with Gasteiger partial charge in [-0.2, -0.15) is 0 Å². The lowest BCUT2D eigenvalue weighted by Crippen LogP contribution is -2.56. The quantitative estimate of drug-likeness (QED) is 0.169. The number of carbonyl (C=O) groups excluding carboxylic acids is 2. The summed E-state index contributed by atoms with van der Waals surface area (Å²) < 4.78 is 13.4. The van der Waals surface area contributed by atoms with Crippen LogP contribution in [0.5, 0.6) is 11.5 Å². The fraction of sp³-hybridized carbons (Fsp3) is 0.732. The highest BCUT2D eigenvalue weighted by Gasteiger charge is 2.59. The van der Waals surface area contributed by atoms with Crippen LogP contribution in [0.15, 0.2) is 41.4 Å². The van der Waals surface area contributed by atoms with E-state index in [9.17, 15) is 19.8 Å². The number of carbonyl (C=O) groups is 2. The van der Waals surface area contributed by atoms with Crippen LogP contribution in [0, 0.1) is 40.4 Å². The molecule has 10 nitrogen and oxygen atoms in total. The second-order valence-electron chi connectivity index (χ2n) is 23.4. The van der Waals surface area contributed by atoms with Gasteiger partial charge in [-0.05, 0) is 162 Å². The number of aromatic hydroxyl groups is 1. The number of aliphatic hydroxyl groups is 1. The zero-order chi connectivity index (χ0) is 46.7. The summed E-state index contributed by atoms with van der Waals surface area (Å²) in [5.41, 5.74) is 10.4. The summed E-state index contributed by atoms with van der Waals surface area (Å²) in [5.74, 6) is 3.62. The molecule has 8 bridgehead atoms. The smallest absolute Gasteiger partial charge is 0.303 e. The van der Waals surface area contributed by atoms with E-state index < -0.39 is 11.7 Å². The molecular formula is C56H78N4O6S2. The maximum atomic E-state index is 14.8. The van der Waals surface area contributed by atoms with Crippen molar-refractivity contribution in [2.24, 2.45) is 51.1 Å². The van der Waals surface area contributed by atoms with Crippen LogP contribution in [0.4, 0.5) is 0 Å². The predicted octanol–water partition coefficient (Wildman–Crippen LogP) is 10.7.